The van der Waals surface area contributed by atoms with Gasteiger partial charge < -0.3 is 4.90 Å². The van der Waals surface area contributed by atoms with Crippen molar-refractivity contribution < 1.29 is 13.6 Å². The number of thiophene rings is 1. The lowest BCUT2D eigenvalue weighted by molar-refractivity contribution is -0.129. The van der Waals surface area contributed by atoms with Crippen molar-refractivity contribution in [3.63, 3.8) is 0 Å². The van der Waals surface area contributed by atoms with Crippen LogP contribution in [0.4, 0.5) is 8.78 Å². The Labute approximate surface area is 136 Å². The Bertz CT molecular complexity index is 656. The largest absolute Gasteiger partial charge is 0.334 e. The number of benzene rings is 1. The summed E-state index contributed by atoms with van der Waals surface area (Å²) in [4.78, 5) is 16.1. The van der Waals surface area contributed by atoms with Crippen LogP contribution in [0, 0.1) is 11.6 Å². The van der Waals surface area contributed by atoms with Crippen molar-refractivity contribution in [2.24, 2.45) is 0 Å². The van der Waals surface area contributed by atoms with Gasteiger partial charge in [0.05, 0.1) is 12.3 Å². The van der Waals surface area contributed by atoms with Crippen LogP contribution in [0.3, 0.4) is 0 Å². The number of halogens is 2. The van der Waals surface area contributed by atoms with Crippen LogP contribution in [0.5, 0.6) is 0 Å². The lowest BCUT2D eigenvalue weighted by atomic mass is 10.3. The zero-order valence-electron chi connectivity index (χ0n) is 11.8. The number of thioether (sulfide) groups is 1. The Morgan fingerprint density at radius 1 is 1.27 bits per heavy atom. The Kier molecular flexibility index (Phi) is 4.78. The van der Waals surface area contributed by atoms with Gasteiger partial charge in [0.2, 0.25) is 5.91 Å². The second-order valence-electron chi connectivity index (χ2n) is 5.20. The van der Waals surface area contributed by atoms with Gasteiger partial charge in [0.1, 0.15) is 0 Å². The van der Waals surface area contributed by atoms with E-state index < -0.39 is 11.6 Å². The number of rotatable bonds is 6. The summed E-state index contributed by atoms with van der Waals surface area (Å²) in [5, 5.41) is 2.00. The summed E-state index contributed by atoms with van der Waals surface area (Å²) >= 11 is 2.88. The third kappa shape index (κ3) is 3.87. The third-order valence-corrected chi connectivity index (χ3v) is 5.31. The van der Waals surface area contributed by atoms with E-state index in [0.29, 0.717) is 17.5 Å². The second kappa shape index (κ2) is 6.79. The van der Waals surface area contributed by atoms with Crippen LogP contribution in [0.2, 0.25) is 0 Å². The van der Waals surface area contributed by atoms with Crippen LogP contribution in [-0.4, -0.2) is 22.6 Å². The van der Waals surface area contributed by atoms with E-state index in [1.165, 1.54) is 17.8 Å². The van der Waals surface area contributed by atoms with Crippen molar-refractivity contribution in [3.05, 3.63) is 52.2 Å². The minimum Gasteiger partial charge on any atom is -0.334 e. The highest BCUT2D eigenvalue weighted by atomic mass is 32.2. The molecule has 1 aromatic carbocycles. The topological polar surface area (TPSA) is 20.3 Å². The van der Waals surface area contributed by atoms with Gasteiger partial charge in [-0.25, -0.2) is 8.78 Å². The summed E-state index contributed by atoms with van der Waals surface area (Å²) in [6.45, 7) is 0.638. The first kappa shape index (κ1) is 15.5. The van der Waals surface area contributed by atoms with Gasteiger partial charge in [0, 0.05) is 15.8 Å². The zero-order chi connectivity index (χ0) is 15.5. The molecule has 0 aliphatic heterocycles. The van der Waals surface area contributed by atoms with Crippen LogP contribution in [0.15, 0.2) is 40.6 Å². The van der Waals surface area contributed by atoms with E-state index in [-0.39, 0.29) is 11.7 Å². The second-order valence-corrected chi connectivity index (χ2v) is 7.28. The first-order valence-electron chi connectivity index (χ1n) is 7.03. The maximum atomic E-state index is 13.2. The molecule has 1 fully saturated rings. The Morgan fingerprint density at radius 2 is 2.09 bits per heavy atom. The van der Waals surface area contributed by atoms with E-state index in [9.17, 15) is 13.6 Å². The van der Waals surface area contributed by atoms with Crippen molar-refractivity contribution in [3.8, 4) is 0 Å². The first-order chi connectivity index (χ1) is 10.6. The van der Waals surface area contributed by atoms with E-state index in [2.05, 4.69) is 0 Å². The smallest absolute Gasteiger partial charge is 0.233 e. The predicted octanol–water partition coefficient (Wildman–Crippen LogP) is 4.31. The molecule has 6 heteroatoms. The van der Waals surface area contributed by atoms with Crippen molar-refractivity contribution >= 4 is 29.0 Å². The molecule has 2 nitrogen and oxygen atoms in total. The Hall–Kier alpha value is -1.40. The average Bonchev–Trinajstić information content (AvgIpc) is 3.22. The predicted molar refractivity (Wildman–Crippen MR) is 85.0 cm³/mol. The van der Waals surface area contributed by atoms with Gasteiger partial charge in [-0.05, 0) is 42.5 Å². The van der Waals surface area contributed by atoms with E-state index in [1.807, 2.05) is 22.4 Å². The lowest BCUT2D eigenvalue weighted by Gasteiger charge is -2.21. The standard InChI is InChI=1S/C16H15F2NOS2/c17-14-6-5-12(8-15(14)18)22-10-16(20)19(11-3-4-11)9-13-2-1-7-21-13/h1-2,5-8,11H,3-4,9-10H2. The van der Waals surface area contributed by atoms with E-state index in [1.54, 1.807) is 11.3 Å². The van der Waals surface area contributed by atoms with Crippen LogP contribution in [0.1, 0.15) is 17.7 Å². The van der Waals surface area contributed by atoms with E-state index in [0.717, 1.165) is 29.9 Å². The van der Waals surface area contributed by atoms with Gasteiger partial charge >= 0.3 is 0 Å². The minimum absolute atomic E-state index is 0.0469. The van der Waals surface area contributed by atoms with Gasteiger partial charge in [-0.3, -0.25) is 4.79 Å². The number of carbonyl (C=O) groups is 1. The summed E-state index contributed by atoms with van der Waals surface area (Å²) in [7, 11) is 0. The zero-order valence-corrected chi connectivity index (χ0v) is 13.4. The van der Waals surface area contributed by atoms with E-state index >= 15 is 0 Å². The molecular weight excluding hydrogens is 324 g/mol. The molecule has 3 rings (SSSR count). The number of amides is 1. The first-order valence-corrected chi connectivity index (χ1v) is 8.89. The van der Waals surface area contributed by atoms with Gasteiger partial charge in [0.25, 0.3) is 0 Å². The molecule has 0 atom stereocenters. The van der Waals surface area contributed by atoms with Gasteiger partial charge in [-0.1, -0.05) is 6.07 Å². The summed E-state index contributed by atoms with van der Waals surface area (Å²) < 4.78 is 26.1. The molecule has 0 spiro atoms. The molecule has 0 N–H and O–H groups in total. The Balaban J connectivity index is 1.60. The van der Waals surface area contributed by atoms with Crippen molar-refractivity contribution in [2.45, 2.75) is 30.3 Å². The molecule has 2 aromatic rings. The summed E-state index contributed by atoms with van der Waals surface area (Å²) in [6.07, 6.45) is 2.10. The Morgan fingerprint density at radius 3 is 2.73 bits per heavy atom. The van der Waals surface area contributed by atoms with Gasteiger partial charge in [-0.15, -0.1) is 23.1 Å². The molecule has 0 saturated heterocycles. The normalized spacial score (nSPS) is 14.1. The highest BCUT2D eigenvalue weighted by Crippen LogP contribution is 2.30. The lowest BCUT2D eigenvalue weighted by Crippen LogP contribution is -2.33. The highest BCUT2D eigenvalue weighted by Gasteiger charge is 2.32. The molecule has 1 aromatic heterocycles. The van der Waals surface area contributed by atoms with Gasteiger partial charge in [0.15, 0.2) is 11.6 Å². The van der Waals surface area contributed by atoms with Crippen LogP contribution < -0.4 is 0 Å². The highest BCUT2D eigenvalue weighted by molar-refractivity contribution is 8.00. The van der Waals surface area contributed by atoms with Crippen LogP contribution >= 0.6 is 23.1 Å². The summed E-state index contributed by atoms with van der Waals surface area (Å²) in [6, 6.07) is 8.05. The van der Waals surface area contributed by atoms with E-state index in [4.69, 9.17) is 0 Å². The monoisotopic (exact) mass is 339 g/mol. The van der Waals surface area contributed by atoms with Gasteiger partial charge in [-0.2, -0.15) is 0 Å². The molecule has 0 radical (unpaired) electrons. The number of nitrogens with zero attached hydrogens (tertiary/aromatic N) is 1. The maximum absolute atomic E-state index is 13.2. The molecule has 1 heterocycles. The van der Waals surface area contributed by atoms with Crippen LogP contribution in [-0.2, 0) is 11.3 Å². The number of hydrogen-bond acceptors (Lipinski definition) is 3. The summed E-state index contributed by atoms with van der Waals surface area (Å²) in [5.41, 5.74) is 0. The molecule has 1 amide bonds. The molecule has 116 valence electrons. The minimum atomic E-state index is -0.880. The number of hydrogen-bond donors (Lipinski definition) is 0. The maximum Gasteiger partial charge on any atom is 0.233 e. The fraction of sp³-hybridized carbons (Fsp3) is 0.312. The molecule has 1 aliphatic carbocycles. The van der Waals surface area contributed by atoms with Crippen molar-refractivity contribution in [1.82, 2.24) is 4.90 Å². The fourth-order valence-electron chi connectivity index (χ4n) is 2.17. The van der Waals surface area contributed by atoms with Crippen molar-refractivity contribution in [1.29, 1.82) is 0 Å². The fourth-order valence-corrected chi connectivity index (χ4v) is 3.68. The molecule has 22 heavy (non-hydrogen) atoms. The van der Waals surface area contributed by atoms with Crippen molar-refractivity contribution in [2.75, 3.05) is 5.75 Å². The molecule has 1 saturated carbocycles. The molecular formula is C16H15F2NOS2. The number of carbonyl (C=O) groups excluding carboxylic acids is 1. The average molecular weight is 339 g/mol. The third-order valence-electron chi connectivity index (χ3n) is 3.47. The molecule has 1 aliphatic rings. The molecule has 0 unspecified atom stereocenters. The molecule has 0 bridgehead atoms. The quantitative estimate of drug-likeness (QED) is 0.731. The summed E-state index contributed by atoms with van der Waals surface area (Å²) in [5.74, 6) is -1.46. The SMILES string of the molecule is O=C(CSc1ccc(F)c(F)c1)N(Cc1cccs1)C1CC1. The van der Waals surface area contributed by atoms with Crippen LogP contribution in [0.25, 0.3) is 0 Å².